The maximum absolute atomic E-state index is 11.7. The Hall–Kier alpha value is -1.93. The normalized spacial score (nSPS) is 10.7. The van der Waals surface area contributed by atoms with Crippen LogP contribution in [0.5, 0.6) is 0 Å². The number of amides is 2. The molecule has 0 heterocycles. The Labute approximate surface area is 104 Å². The zero-order valence-electron chi connectivity index (χ0n) is 9.42. The molecule has 0 aromatic heterocycles. The SMILES string of the molecule is NCC(=O)NCC(=O)NS(=O)(=O)c1ccccc1. The Morgan fingerprint density at radius 1 is 1.11 bits per heavy atom. The third-order valence-corrected chi connectivity index (χ3v) is 3.32. The van der Waals surface area contributed by atoms with Crippen LogP contribution >= 0.6 is 0 Å². The summed E-state index contributed by atoms with van der Waals surface area (Å²) in [5, 5.41) is 2.17. The molecule has 0 saturated carbocycles. The fourth-order valence-electron chi connectivity index (χ4n) is 1.10. The van der Waals surface area contributed by atoms with E-state index in [9.17, 15) is 18.0 Å². The van der Waals surface area contributed by atoms with E-state index in [1.165, 1.54) is 24.3 Å². The molecule has 7 nitrogen and oxygen atoms in total. The average Bonchev–Trinajstić information content (AvgIpc) is 2.36. The lowest BCUT2D eigenvalue weighted by Crippen LogP contribution is -2.41. The molecular formula is C10H13N3O4S. The summed E-state index contributed by atoms with van der Waals surface area (Å²) in [6.07, 6.45) is 0. The smallest absolute Gasteiger partial charge is 0.264 e. The fourth-order valence-corrected chi connectivity index (χ4v) is 2.10. The van der Waals surface area contributed by atoms with E-state index >= 15 is 0 Å². The highest BCUT2D eigenvalue weighted by Crippen LogP contribution is 2.06. The van der Waals surface area contributed by atoms with Gasteiger partial charge in [0.15, 0.2) is 0 Å². The van der Waals surface area contributed by atoms with Crippen LogP contribution in [0, 0.1) is 0 Å². The summed E-state index contributed by atoms with van der Waals surface area (Å²) in [7, 11) is -3.90. The molecule has 98 valence electrons. The molecule has 0 atom stereocenters. The molecule has 0 radical (unpaired) electrons. The molecule has 8 heteroatoms. The molecule has 1 rings (SSSR count). The molecule has 18 heavy (non-hydrogen) atoms. The highest BCUT2D eigenvalue weighted by atomic mass is 32.2. The van der Waals surface area contributed by atoms with Crippen molar-refractivity contribution >= 4 is 21.8 Å². The summed E-state index contributed by atoms with van der Waals surface area (Å²) in [6.45, 7) is -0.708. The molecule has 2 amide bonds. The quantitative estimate of drug-likeness (QED) is 0.606. The van der Waals surface area contributed by atoms with Gasteiger partial charge in [0, 0.05) is 0 Å². The van der Waals surface area contributed by atoms with Gasteiger partial charge in [0.1, 0.15) is 0 Å². The van der Waals surface area contributed by atoms with Gasteiger partial charge in [-0.05, 0) is 12.1 Å². The van der Waals surface area contributed by atoms with Crippen LogP contribution in [-0.2, 0) is 19.6 Å². The zero-order chi connectivity index (χ0) is 13.6. The first-order chi connectivity index (χ1) is 8.45. The molecule has 0 fully saturated rings. The first kappa shape index (κ1) is 14.1. The van der Waals surface area contributed by atoms with Crippen molar-refractivity contribution in [1.82, 2.24) is 10.0 Å². The number of carbonyl (C=O) groups excluding carboxylic acids is 2. The average molecular weight is 271 g/mol. The highest BCUT2D eigenvalue weighted by molar-refractivity contribution is 7.90. The zero-order valence-corrected chi connectivity index (χ0v) is 10.2. The van der Waals surface area contributed by atoms with Crippen molar-refractivity contribution in [2.75, 3.05) is 13.1 Å². The fraction of sp³-hybridized carbons (Fsp3) is 0.200. The van der Waals surface area contributed by atoms with Crippen molar-refractivity contribution in [2.24, 2.45) is 5.73 Å². The van der Waals surface area contributed by atoms with E-state index in [1.807, 2.05) is 4.72 Å². The van der Waals surface area contributed by atoms with Gasteiger partial charge in [-0.1, -0.05) is 18.2 Å². The summed E-state index contributed by atoms with van der Waals surface area (Å²) in [4.78, 5) is 22.1. The van der Waals surface area contributed by atoms with Crippen LogP contribution in [0.15, 0.2) is 35.2 Å². The number of nitrogens with two attached hydrogens (primary N) is 1. The number of sulfonamides is 1. The number of carbonyl (C=O) groups is 2. The van der Waals surface area contributed by atoms with E-state index in [0.29, 0.717) is 0 Å². The van der Waals surface area contributed by atoms with Gasteiger partial charge in [-0.15, -0.1) is 0 Å². The molecule has 1 aromatic rings. The van der Waals surface area contributed by atoms with Crippen molar-refractivity contribution in [3.8, 4) is 0 Å². The summed E-state index contributed by atoms with van der Waals surface area (Å²) in [5.41, 5.74) is 5.01. The van der Waals surface area contributed by atoms with E-state index < -0.39 is 28.4 Å². The number of hydrogen-bond donors (Lipinski definition) is 3. The van der Waals surface area contributed by atoms with Gasteiger partial charge < -0.3 is 11.1 Å². The first-order valence-electron chi connectivity index (χ1n) is 5.03. The third kappa shape index (κ3) is 4.15. The van der Waals surface area contributed by atoms with E-state index in [0.717, 1.165) is 0 Å². The summed E-state index contributed by atoms with van der Waals surface area (Å²) >= 11 is 0. The molecule has 0 bridgehead atoms. The lowest BCUT2D eigenvalue weighted by molar-refractivity contribution is -0.124. The van der Waals surface area contributed by atoms with E-state index in [2.05, 4.69) is 5.32 Å². The minimum atomic E-state index is -3.90. The lowest BCUT2D eigenvalue weighted by atomic mass is 10.4. The van der Waals surface area contributed by atoms with Crippen LogP contribution in [-0.4, -0.2) is 33.3 Å². The predicted octanol–water partition coefficient (Wildman–Crippen LogP) is -1.43. The molecule has 4 N–H and O–H groups in total. The second kappa shape index (κ2) is 6.12. The standard InChI is InChI=1S/C10H13N3O4S/c11-6-9(14)12-7-10(15)13-18(16,17)8-4-2-1-3-5-8/h1-5H,6-7,11H2,(H,12,14)(H,13,15). The van der Waals surface area contributed by atoms with Gasteiger partial charge in [0.2, 0.25) is 5.91 Å². The minimum absolute atomic E-state index is 0.0245. The monoisotopic (exact) mass is 271 g/mol. The van der Waals surface area contributed by atoms with Crippen LogP contribution in [0.3, 0.4) is 0 Å². The van der Waals surface area contributed by atoms with Gasteiger partial charge in [-0.3, -0.25) is 9.59 Å². The van der Waals surface area contributed by atoms with Crippen molar-refractivity contribution < 1.29 is 18.0 Å². The molecule has 0 aliphatic rings. The van der Waals surface area contributed by atoms with Crippen LogP contribution in [0.1, 0.15) is 0 Å². The number of benzene rings is 1. The van der Waals surface area contributed by atoms with Crippen molar-refractivity contribution in [2.45, 2.75) is 4.90 Å². The van der Waals surface area contributed by atoms with Crippen molar-refractivity contribution in [3.05, 3.63) is 30.3 Å². The van der Waals surface area contributed by atoms with Gasteiger partial charge >= 0.3 is 0 Å². The maximum atomic E-state index is 11.7. The molecule has 0 aliphatic carbocycles. The number of rotatable bonds is 5. The first-order valence-corrected chi connectivity index (χ1v) is 6.51. The molecule has 0 spiro atoms. The van der Waals surface area contributed by atoms with Crippen LogP contribution in [0.25, 0.3) is 0 Å². The summed E-state index contributed by atoms with van der Waals surface area (Å²) < 4.78 is 25.2. The molecule has 0 saturated heterocycles. The number of hydrogen-bond acceptors (Lipinski definition) is 5. The van der Waals surface area contributed by atoms with Gasteiger partial charge in [0.05, 0.1) is 18.0 Å². The molecule has 0 aliphatic heterocycles. The highest BCUT2D eigenvalue weighted by Gasteiger charge is 2.16. The third-order valence-electron chi connectivity index (χ3n) is 1.93. The predicted molar refractivity (Wildman–Crippen MR) is 63.8 cm³/mol. The maximum Gasteiger partial charge on any atom is 0.264 e. The second-order valence-electron chi connectivity index (χ2n) is 3.32. The van der Waals surface area contributed by atoms with Crippen LogP contribution in [0.4, 0.5) is 0 Å². The van der Waals surface area contributed by atoms with Gasteiger partial charge in [0.25, 0.3) is 15.9 Å². The summed E-state index contributed by atoms with van der Waals surface area (Å²) in [6, 6.07) is 7.44. The number of nitrogens with one attached hydrogen (secondary N) is 2. The van der Waals surface area contributed by atoms with Crippen molar-refractivity contribution in [3.63, 3.8) is 0 Å². The summed E-state index contributed by atoms with van der Waals surface area (Å²) in [5.74, 6) is -1.37. The van der Waals surface area contributed by atoms with Crippen LogP contribution in [0.2, 0.25) is 0 Å². The Morgan fingerprint density at radius 3 is 2.28 bits per heavy atom. The molecule has 1 aromatic carbocycles. The Bertz CT molecular complexity index is 527. The largest absolute Gasteiger partial charge is 0.346 e. The minimum Gasteiger partial charge on any atom is -0.346 e. The van der Waals surface area contributed by atoms with E-state index in [-0.39, 0.29) is 11.4 Å². The molecule has 0 unspecified atom stereocenters. The van der Waals surface area contributed by atoms with Gasteiger partial charge in [-0.25, -0.2) is 13.1 Å². The van der Waals surface area contributed by atoms with Gasteiger partial charge in [-0.2, -0.15) is 0 Å². The lowest BCUT2D eigenvalue weighted by Gasteiger charge is -2.07. The van der Waals surface area contributed by atoms with Crippen LogP contribution < -0.4 is 15.8 Å². The topological polar surface area (TPSA) is 118 Å². The van der Waals surface area contributed by atoms with E-state index in [4.69, 9.17) is 5.73 Å². The Kier molecular flexibility index (Phi) is 4.81. The Balaban J connectivity index is 2.62. The van der Waals surface area contributed by atoms with E-state index in [1.54, 1.807) is 6.07 Å². The molecular weight excluding hydrogens is 258 g/mol. The Morgan fingerprint density at radius 2 is 1.72 bits per heavy atom. The van der Waals surface area contributed by atoms with Crippen molar-refractivity contribution in [1.29, 1.82) is 0 Å². The second-order valence-corrected chi connectivity index (χ2v) is 5.00.